The first-order valence-corrected chi connectivity index (χ1v) is 8.50. The lowest BCUT2D eigenvalue weighted by Crippen LogP contribution is -2.40. The van der Waals surface area contributed by atoms with E-state index >= 15 is 0 Å². The minimum absolute atomic E-state index is 0.170. The number of hydrogen-bond donors (Lipinski definition) is 0. The van der Waals surface area contributed by atoms with Gasteiger partial charge in [0, 0.05) is 22.2 Å². The first kappa shape index (κ1) is 11.7. The fourth-order valence-corrected chi connectivity index (χ4v) is 4.63. The van der Waals surface area contributed by atoms with Crippen molar-refractivity contribution in [3.63, 3.8) is 0 Å². The second-order valence-corrected chi connectivity index (χ2v) is 7.25. The van der Waals surface area contributed by atoms with Crippen molar-refractivity contribution in [1.29, 1.82) is 0 Å². The van der Waals surface area contributed by atoms with Crippen molar-refractivity contribution in [2.45, 2.75) is 25.3 Å². The number of nitrogens with zero attached hydrogens (tertiary/aromatic N) is 1. The van der Waals surface area contributed by atoms with Gasteiger partial charge in [-0.2, -0.15) is 0 Å². The third-order valence-electron chi connectivity index (χ3n) is 3.99. The number of amides is 1. The highest BCUT2D eigenvalue weighted by Gasteiger charge is 2.40. The summed E-state index contributed by atoms with van der Waals surface area (Å²) in [6.45, 7) is 0.880. The molecule has 2 aromatic heterocycles. The monoisotopic (exact) mass is 289 g/mol. The fraction of sp³-hybridized carbons (Fsp3) is 0.400. The number of rotatable bonds is 2. The molecule has 1 aliphatic carbocycles. The van der Waals surface area contributed by atoms with Gasteiger partial charge in [0.2, 0.25) is 5.91 Å². The highest BCUT2D eigenvalue weighted by molar-refractivity contribution is 7.10. The van der Waals surface area contributed by atoms with Gasteiger partial charge in [-0.05, 0) is 47.7 Å². The molecule has 0 radical (unpaired) electrons. The molecule has 0 saturated heterocycles. The summed E-state index contributed by atoms with van der Waals surface area (Å²) in [7, 11) is 0. The van der Waals surface area contributed by atoms with E-state index in [0.717, 1.165) is 25.8 Å². The van der Waals surface area contributed by atoms with Crippen LogP contribution in [0.5, 0.6) is 0 Å². The zero-order valence-corrected chi connectivity index (χ0v) is 12.2. The van der Waals surface area contributed by atoms with Crippen LogP contribution in [0.4, 0.5) is 0 Å². The molecule has 4 rings (SSSR count). The van der Waals surface area contributed by atoms with Crippen molar-refractivity contribution >= 4 is 28.6 Å². The lowest BCUT2D eigenvalue weighted by atomic mass is 9.98. The molecule has 1 fully saturated rings. The second kappa shape index (κ2) is 4.46. The van der Waals surface area contributed by atoms with Crippen LogP contribution in [0.15, 0.2) is 29.0 Å². The molecule has 98 valence electrons. The predicted octanol–water partition coefficient (Wildman–Crippen LogP) is 3.69. The minimum Gasteiger partial charge on any atom is -0.330 e. The quantitative estimate of drug-likeness (QED) is 0.825. The van der Waals surface area contributed by atoms with Crippen LogP contribution in [0, 0.1) is 5.92 Å². The van der Waals surface area contributed by atoms with Gasteiger partial charge in [0.05, 0.1) is 6.04 Å². The summed E-state index contributed by atoms with van der Waals surface area (Å²) in [5, 5.41) is 4.27. The Kier molecular flexibility index (Phi) is 2.74. The number of hydrogen-bond acceptors (Lipinski definition) is 3. The first-order valence-electron chi connectivity index (χ1n) is 6.75. The van der Waals surface area contributed by atoms with Crippen LogP contribution in [-0.4, -0.2) is 17.4 Å². The van der Waals surface area contributed by atoms with E-state index in [0.29, 0.717) is 11.8 Å². The van der Waals surface area contributed by atoms with Gasteiger partial charge >= 0.3 is 0 Å². The molecule has 0 bridgehead atoms. The number of carbonyl (C=O) groups is 1. The maximum Gasteiger partial charge on any atom is 0.226 e. The Labute approximate surface area is 120 Å². The lowest BCUT2D eigenvalue weighted by Gasteiger charge is -2.35. The van der Waals surface area contributed by atoms with E-state index in [1.54, 1.807) is 11.3 Å². The Bertz CT molecular complexity index is 597. The average Bonchev–Trinajstić information content (AvgIpc) is 2.94. The number of fused-ring (bicyclic) bond motifs is 1. The smallest absolute Gasteiger partial charge is 0.226 e. The van der Waals surface area contributed by atoms with Gasteiger partial charge in [0.15, 0.2) is 0 Å². The summed E-state index contributed by atoms with van der Waals surface area (Å²) in [5.74, 6) is 0.679. The van der Waals surface area contributed by atoms with Crippen LogP contribution in [0.2, 0.25) is 0 Å². The van der Waals surface area contributed by atoms with Gasteiger partial charge in [-0.25, -0.2) is 0 Å². The Morgan fingerprint density at radius 2 is 2.11 bits per heavy atom. The molecule has 0 spiro atoms. The van der Waals surface area contributed by atoms with Gasteiger partial charge in [-0.1, -0.05) is 6.07 Å². The molecule has 1 aliphatic heterocycles. The normalized spacial score (nSPS) is 22.3. The third kappa shape index (κ3) is 1.94. The van der Waals surface area contributed by atoms with E-state index in [4.69, 9.17) is 0 Å². The number of carbonyl (C=O) groups excluding carboxylic acids is 1. The van der Waals surface area contributed by atoms with Crippen LogP contribution in [-0.2, 0) is 11.2 Å². The molecule has 4 heteroatoms. The highest BCUT2D eigenvalue weighted by atomic mass is 32.1. The second-order valence-electron chi connectivity index (χ2n) is 5.27. The molecule has 3 heterocycles. The summed E-state index contributed by atoms with van der Waals surface area (Å²) < 4.78 is 0. The van der Waals surface area contributed by atoms with Gasteiger partial charge in [-0.15, -0.1) is 22.7 Å². The largest absolute Gasteiger partial charge is 0.330 e. The van der Waals surface area contributed by atoms with Gasteiger partial charge in [0.1, 0.15) is 0 Å². The SMILES string of the molecule is O=C(C1CC1)N1CCc2sccc2[C@H]1c1cccs1. The van der Waals surface area contributed by atoms with Gasteiger partial charge in [0.25, 0.3) is 0 Å². The number of thiophene rings is 2. The van der Waals surface area contributed by atoms with Crippen LogP contribution >= 0.6 is 22.7 Å². The Morgan fingerprint density at radius 1 is 1.21 bits per heavy atom. The summed E-state index contributed by atoms with van der Waals surface area (Å²) in [6.07, 6.45) is 3.19. The first-order chi connectivity index (χ1) is 9.34. The molecule has 0 N–H and O–H groups in total. The lowest BCUT2D eigenvalue weighted by molar-refractivity contribution is -0.134. The van der Waals surface area contributed by atoms with Crippen molar-refractivity contribution in [1.82, 2.24) is 4.90 Å². The Morgan fingerprint density at radius 3 is 2.84 bits per heavy atom. The molecular weight excluding hydrogens is 274 g/mol. The predicted molar refractivity (Wildman–Crippen MR) is 78.6 cm³/mol. The highest BCUT2D eigenvalue weighted by Crippen LogP contribution is 2.42. The molecule has 2 nitrogen and oxygen atoms in total. The maximum atomic E-state index is 12.5. The molecule has 1 amide bonds. The van der Waals surface area contributed by atoms with Crippen LogP contribution in [0.1, 0.15) is 34.2 Å². The van der Waals surface area contributed by atoms with Crippen LogP contribution < -0.4 is 0 Å². The molecule has 1 saturated carbocycles. The van der Waals surface area contributed by atoms with Crippen molar-refractivity contribution < 1.29 is 4.79 Å². The summed E-state index contributed by atoms with van der Waals surface area (Å²) in [4.78, 5) is 17.4. The molecule has 2 aliphatic rings. The van der Waals surface area contributed by atoms with E-state index in [1.807, 2.05) is 11.3 Å². The molecule has 19 heavy (non-hydrogen) atoms. The Balaban J connectivity index is 1.77. The van der Waals surface area contributed by atoms with Crippen LogP contribution in [0.3, 0.4) is 0 Å². The molecule has 2 aromatic rings. The van der Waals surface area contributed by atoms with E-state index < -0.39 is 0 Å². The summed E-state index contributed by atoms with van der Waals surface area (Å²) in [6, 6.07) is 6.62. The van der Waals surface area contributed by atoms with Crippen molar-refractivity contribution in [2.24, 2.45) is 5.92 Å². The topological polar surface area (TPSA) is 20.3 Å². The summed E-state index contributed by atoms with van der Waals surface area (Å²) >= 11 is 3.59. The zero-order valence-electron chi connectivity index (χ0n) is 10.5. The molecule has 1 atom stereocenters. The Hall–Kier alpha value is -1.13. The van der Waals surface area contributed by atoms with Crippen LogP contribution in [0.25, 0.3) is 0 Å². The zero-order chi connectivity index (χ0) is 12.8. The van der Waals surface area contributed by atoms with E-state index in [2.05, 4.69) is 33.9 Å². The minimum atomic E-state index is 0.170. The van der Waals surface area contributed by atoms with E-state index in [-0.39, 0.29) is 6.04 Å². The molecule has 0 aromatic carbocycles. The van der Waals surface area contributed by atoms with Crippen molar-refractivity contribution in [2.75, 3.05) is 6.54 Å². The average molecular weight is 289 g/mol. The molecule has 0 unspecified atom stereocenters. The van der Waals surface area contributed by atoms with Gasteiger partial charge < -0.3 is 4.90 Å². The molecular formula is C15H15NOS2. The van der Waals surface area contributed by atoms with E-state index in [1.165, 1.54) is 15.3 Å². The summed E-state index contributed by atoms with van der Waals surface area (Å²) in [5.41, 5.74) is 1.35. The third-order valence-corrected chi connectivity index (χ3v) is 5.91. The van der Waals surface area contributed by atoms with Crippen molar-refractivity contribution in [3.05, 3.63) is 44.3 Å². The fourth-order valence-electron chi connectivity index (χ4n) is 2.87. The van der Waals surface area contributed by atoms with Gasteiger partial charge in [-0.3, -0.25) is 4.79 Å². The van der Waals surface area contributed by atoms with E-state index in [9.17, 15) is 4.79 Å². The van der Waals surface area contributed by atoms with Crippen molar-refractivity contribution in [3.8, 4) is 0 Å². The standard InChI is InChI=1S/C15H15NOS2/c17-15(10-3-4-10)16-7-5-12-11(6-9-19-12)14(16)13-2-1-8-18-13/h1-2,6,8-10,14H,3-5,7H2/t14-/m0/s1. The maximum absolute atomic E-state index is 12.5.